The highest BCUT2D eigenvalue weighted by molar-refractivity contribution is 7.90. The molecule has 9 heteroatoms. The number of rotatable bonds is 8. The molecule has 2 heterocycles. The van der Waals surface area contributed by atoms with Crippen molar-refractivity contribution in [3.8, 4) is 0 Å². The van der Waals surface area contributed by atoms with Crippen LogP contribution in [0.5, 0.6) is 0 Å². The lowest BCUT2D eigenvalue weighted by Gasteiger charge is -2.27. The first-order chi connectivity index (χ1) is 16.7. The van der Waals surface area contributed by atoms with Crippen LogP contribution in [-0.4, -0.2) is 54.1 Å². The van der Waals surface area contributed by atoms with Crippen LogP contribution in [0.1, 0.15) is 63.3 Å². The highest BCUT2D eigenvalue weighted by Crippen LogP contribution is 2.32. The van der Waals surface area contributed by atoms with Gasteiger partial charge in [0.25, 0.3) is 0 Å². The number of nitrogens with one attached hydrogen (secondary N) is 1. The highest BCUT2D eigenvalue weighted by Gasteiger charge is 2.37. The SMILES string of the molecule is CCc1ncc(CCC2CCCC(N3CCC(Nc4ccc(S(C)(=O)=O)cc4F)C3=O)CC2)cn1. The number of carbonyl (C=O) groups is 1. The van der Waals surface area contributed by atoms with Crippen LogP contribution in [0.25, 0.3) is 0 Å². The van der Waals surface area contributed by atoms with Crippen molar-refractivity contribution in [2.75, 3.05) is 18.1 Å². The van der Waals surface area contributed by atoms with Gasteiger partial charge in [-0.15, -0.1) is 0 Å². The number of anilines is 1. The highest BCUT2D eigenvalue weighted by atomic mass is 32.2. The molecule has 0 bridgehead atoms. The molecule has 7 nitrogen and oxygen atoms in total. The number of sulfone groups is 1. The van der Waals surface area contributed by atoms with Crippen LogP contribution in [0.4, 0.5) is 10.1 Å². The minimum atomic E-state index is -3.48. The Bertz CT molecular complexity index is 1140. The summed E-state index contributed by atoms with van der Waals surface area (Å²) in [5.41, 5.74) is 1.35. The van der Waals surface area contributed by atoms with Gasteiger partial charge in [0, 0.05) is 37.7 Å². The van der Waals surface area contributed by atoms with Gasteiger partial charge in [0.05, 0.1) is 10.6 Å². The summed E-state index contributed by atoms with van der Waals surface area (Å²) in [5.74, 6) is 0.863. The zero-order valence-electron chi connectivity index (χ0n) is 20.5. The fraction of sp³-hybridized carbons (Fsp3) is 0.577. The maximum atomic E-state index is 14.5. The number of hydrogen-bond donors (Lipinski definition) is 1. The molecule has 2 fully saturated rings. The average Bonchev–Trinajstić information content (AvgIpc) is 3.04. The standard InChI is InChI=1S/C26H35FN4O3S/c1-3-25-28-16-19(17-29-25)8-7-18-5-4-6-20(10-9-18)31-14-13-24(26(31)32)30-23-12-11-21(15-22(23)27)35(2,33)34/h11-12,15-18,20,24,30H,3-10,13-14H2,1-2H3. The zero-order valence-corrected chi connectivity index (χ0v) is 21.4. The third kappa shape index (κ3) is 6.37. The van der Waals surface area contributed by atoms with E-state index in [0.717, 1.165) is 63.1 Å². The molecule has 190 valence electrons. The maximum absolute atomic E-state index is 14.5. The Hall–Kier alpha value is -2.55. The molecule has 2 aliphatic rings. The summed E-state index contributed by atoms with van der Waals surface area (Å²) in [4.78, 5) is 23.8. The molecule has 1 aliphatic heterocycles. The summed E-state index contributed by atoms with van der Waals surface area (Å²) >= 11 is 0. The van der Waals surface area contributed by atoms with Gasteiger partial charge in [-0.3, -0.25) is 4.79 Å². The molecule has 2 aromatic rings. The van der Waals surface area contributed by atoms with Crippen LogP contribution in [0, 0.1) is 11.7 Å². The van der Waals surface area contributed by atoms with Crippen LogP contribution in [-0.2, 0) is 27.5 Å². The van der Waals surface area contributed by atoms with E-state index >= 15 is 0 Å². The molecule has 1 amide bonds. The Morgan fingerprint density at radius 1 is 1.11 bits per heavy atom. The fourth-order valence-electron chi connectivity index (χ4n) is 5.25. The second-order valence-electron chi connectivity index (χ2n) is 9.86. The molecule has 3 atom stereocenters. The third-order valence-electron chi connectivity index (χ3n) is 7.35. The molecule has 1 aromatic carbocycles. The van der Waals surface area contributed by atoms with Gasteiger partial charge in [-0.05, 0) is 68.2 Å². The lowest BCUT2D eigenvalue weighted by molar-refractivity contribution is -0.130. The normalized spacial score (nSPS) is 23.3. The maximum Gasteiger partial charge on any atom is 0.245 e. The first-order valence-electron chi connectivity index (χ1n) is 12.6. The minimum absolute atomic E-state index is 0.00759. The first-order valence-corrected chi connectivity index (χ1v) is 14.5. The molecule has 0 radical (unpaired) electrons. The number of aryl methyl sites for hydroxylation is 2. The number of aromatic nitrogens is 2. The minimum Gasteiger partial charge on any atom is -0.371 e. The molecule has 1 saturated heterocycles. The van der Waals surface area contributed by atoms with Gasteiger partial charge in [-0.2, -0.15) is 0 Å². The van der Waals surface area contributed by atoms with Gasteiger partial charge in [-0.25, -0.2) is 22.8 Å². The number of hydrogen-bond acceptors (Lipinski definition) is 6. The van der Waals surface area contributed by atoms with Crippen molar-refractivity contribution in [3.05, 3.63) is 47.8 Å². The van der Waals surface area contributed by atoms with Gasteiger partial charge < -0.3 is 10.2 Å². The molecule has 1 aliphatic carbocycles. The predicted octanol–water partition coefficient (Wildman–Crippen LogP) is 4.18. The van der Waals surface area contributed by atoms with Crippen molar-refractivity contribution in [2.45, 2.75) is 81.7 Å². The van der Waals surface area contributed by atoms with Crippen molar-refractivity contribution in [2.24, 2.45) is 5.92 Å². The van der Waals surface area contributed by atoms with Gasteiger partial charge in [0.2, 0.25) is 5.91 Å². The Morgan fingerprint density at radius 3 is 2.57 bits per heavy atom. The second kappa shape index (κ2) is 11.0. The number of carbonyl (C=O) groups excluding carboxylic acids is 1. The average molecular weight is 503 g/mol. The lowest BCUT2D eigenvalue weighted by atomic mass is 9.93. The van der Waals surface area contributed by atoms with E-state index in [1.807, 2.05) is 17.3 Å². The van der Waals surface area contributed by atoms with Crippen LogP contribution in [0.15, 0.2) is 35.5 Å². The molecule has 1 aromatic heterocycles. The third-order valence-corrected chi connectivity index (χ3v) is 8.46. The van der Waals surface area contributed by atoms with E-state index in [1.54, 1.807) is 0 Å². The van der Waals surface area contributed by atoms with Crippen LogP contribution < -0.4 is 5.32 Å². The molecule has 0 spiro atoms. The molecule has 1 N–H and O–H groups in total. The number of halogens is 1. The first kappa shape index (κ1) is 25.5. The Kier molecular flexibility index (Phi) is 8.04. The van der Waals surface area contributed by atoms with Gasteiger partial charge >= 0.3 is 0 Å². The van der Waals surface area contributed by atoms with Gasteiger partial charge in [0.1, 0.15) is 17.7 Å². The van der Waals surface area contributed by atoms with E-state index < -0.39 is 21.7 Å². The van der Waals surface area contributed by atoms with Crippen molar-refractivity contribution in [3.63, 3.8) is 0 Å². The molecule has 3 unspecified atom stereocenters. The summed E-state index contributed by atoms with van der Waals surface area (Å²) in [6, 6.07) is 3.51. The number of likely N-dealkylation sites (tertiary alicyclic amines) is 1. The second-order valence-corrected chi connectivity index (χ2v) is 11.9. The molecule has 1 saturated carbocycles. The van der Waals surface area contributed by atoms with Crippen LogP contribution in [0.2, 0.25) is 0 Å². The van der Waals surface area contributed by atoms with Crippen molar-refractivity contribution < 1.29 is 17.6 Å². The summed E-state index contributed by atoms with van der Waals surface area (Å²) in [7, 11) is -3.48. The monoisotopic (exact) mass is 502 g/mol. The Labute approximate surface area is 207 Å². The molecular weight excluding hydrogens is 467 g/mol. The van der Waals surface area contributed by atoms with E-state index in [2.05, 4.69) is 22.2 Å². The molecular formula is C26H35FN4O3S. The molecule has 4 rings (SSSR count). The van der Waals surface area contributed by atoms with Gasteiger partial charge in [0.15, 0.2) is 9.84 Å². The fourth-order valence-corrected chi connectivity index (χ4v) is 5.89. The predicted molar refractivity (Wildman–Crippen MR) is 133 cm³/mol. The molecule has 35 heavy (non-hydrogen) atoms. The Morgan fingerprint density at radius 2 is 1.89 bits per heavy atom. The summed E-state index contributed by atoms with van der Waals surface area (Å²) in [6.07, 6.45) is 13.9. The number of benzene rings is 1. The summed E-state index contributed by atoms with van der Waals surface area (Å²) < 4.78 is 37.8. The van der Waals surface area contributed by atoms with E-state index in [0.29, 0.717) is 18.9 Å². The summed E-state index contributed by atoms with van der Waals surface area (Å²) in [6.45, 7) is 2.72. The number of nitrogens with zero attached hydrogens (tertiary/aromatic N) is 3. The van der Waals surface area contributed by atoms with E-state index in [1.165, 1.54) is 24.1 Å². The van der Waals surface area contributed by atoms with Gasteiger partial charge in [-0.1, -0.05) is 19.8 Å². The van der Waals surface area contributed by atoms with Crippen molar-refractivity contribution in [1.82, 2.24) is 14.9 Å². The van der Waals surface area contributed by atoms with E-state index in [9.17, 15) is 17.6 Å². The lowest BCUT2D eigenvalue weighted by Crippen LogP contribution is -2.40. The Balaban J connectivity index is 1.29. The van der Waals surface area contributed by atoms with Crippen molar-refractivity contribution >= 4 is 21.4 Å². The largest absolute Gasteiger partial charge is 0.371 e. The van der Waals surface area contributed by atoms with E-state index in [4.69, 9.17) is 0 Å². The van der Waals surface area contributed by atoms with Crippen LogP contribution >= 0.6 is 0 Å². The topological polar surface area (TPSA) is 92.3 Å². The van der Waals surface area contributed by atoms with E-state index in [-0.39, 0.29) is 22.5 Å². The van der Waals surface area contributed by atoms with Crippen molar-refractivity contribution in [1.29, 1.82) is 0 Å². The zero-order chi connectivity index (χ0) is 25.0. The quantitative estimate of drug-likeness (QED) is 0.545. The number of amides is 1. The smallest absolute Gasteiger partial charge is 0.245 e. The van der Waals surface area contributed by atoms with Crippen LogP contribution in [0.3, 0.4) is 0 Å². The summed E-state index contributed by atoms with van der Waals surface area (Å²) in [5, 5.41) is 3.00.